The van der Waals surface area contributed by atoms with Crippen molar-refractivity contribution in [1.82, 2.24) is 0 Å². The summed E-state index contributed by atoms with van der Waals surface area (Å²) in [5.74, 6) is 3.51. The van der Waals surface area contributed by atoms with E-state index in [1.54, 1.807) is 0 Å². The Morgan fingerprint density at radius 1 is 1.32 bits per heavy atom. The van der Waals surface area contributed by atoms with E-state index >= 15 is 0 Å². The van der Waals surface area contributed by atoms with Gasteiger partial charge in [-0.2, -0.15) is 0 Å². The maximum Gasteiger partial charge on any atom is 0.155 e. The summed E-state index contributed by atoms with van der Waals surface area (Å²) in [6, 6.07) is 0. The number of rotatable bonds is 0. The highest BCUT2D eigenvalue weighted by Gasteiger charge is 2.55. The normalized spacial score (nSPS) is 50.7. The lowest BCUT2D eigenvalue weighted by Crippen LogP contribution is -2.54. The molecule has 2 nitrogen and oxygen atoms in total. The van der Waals surface area contributed by atoms with Gasteiger partial charge in [0, 0.05) is 11.8 Å². The van der Waals surface area contributed by atoms with E-state index in [9.17, 15) is 9.90 Å². The van der Waals surface area contributed by atoms with Gasteiger partial charge in [0.25, 0.3) is 0 Å². The van der Waals surface area contributed by atoms with E-state index in [1.165, 1.54) is 12.0 Å². The van der Waals surface area contributed by atoms with Crippen molar-refractivity contribution in [2.45, 2.75) is 58.5 Å². The second-order valence-corrected chi connectivity index (χ2v) is 8.50. The highest BCUT2D eigenvalue weighted by atomic mass is 16.3. The fourth-order valence-corrected chi connectivity index (χ4v) is 6.22. The van der Waals surface area contributed by atoms with E-state index < -0.39 is 0 Å². The van der Waals surface area contributed by atoms with Crippen molar-refractivity contribution >= 4 is 5.78 Å². The summed E-state index contributed by atoms with van der Waals surface area (Å²) in [6.07, 6.45) is 12.5. The zero-order valence-electron chi connectivity index (χ0n) is 13.8. The Labute approximate surface area is 133 Å². The smallest absolute Gasteiger partial charge is 0.155 e. The van der Waals surface area contributed by atoms with Crippen LogP contribution in [0, 0.1) is 35.0 Å². The minimum absolute atomic E-state index is 0.0654. The number of carbonyl (C=O) groups excluding carboxylic acids is 1. The molecule has 2 saturated carbocycles. The monoisotopic (exact) mass is 300 g/mol. The van der Waals surface area contributed by atoms with Crippen molar-refractivity contribution in [2.75, 3.05) is 0 Å². The number of hydrogen-bond donors (Lipinski definition) is 1. The standard InChI is InChI=1S/C20H28O2/c1-12-10-13-11-14(21)6-7-15(13)16-8-9-20(2)17(19(12)16)4-3-5-18(20)22/h3-4,11-12,15-19,22H,5-10H2,1-2H3/t12-,15+,16-,17+,18+,19-,20+/m1/s1. The number of hydrogen-bond acceptors (Lipinski definition) is 2. The largest absolute Gasteiger partial charge is 0.392 e. The van der Waals surface area contributed by atoms with Gasteiger partial charge in [-0.05, 0) is 67.8 Å². The van der Waals surface area contributed by atoms with Gasteiger partial charge in [-0.25, -0.2) is 0 Å². The number of aliphatic hydroxyl groups is 1. The molecule has 0 unspecified atom stereocenters. The molecule has 0 heterocycles. The maximum absolute atomic E-state index is 11.8. The first-order valence-corrected chi connectivity index (χ1v) is 9.08. The Balaban J connectivity index is 1.71. The lowest BCUT2D eigenvalue weighted by atomic mass is 9.47. The molecule has 7 atom stereocenters. The van der Waals surface area contributed by atoms with Gasteiger partial charge in [0.1, 0.15) is 0 Å². The molecule has 4 rings (SSSR count). The molecule has 22 heavy (non-hydrogen) atoms. The van der Waals surface area contributed by atoms with Gasteiger partial charge in [-0.3, -0.25) is 4.79 Å². The molecule has 4 aliphatic rings. The van der Waals surface area contributed by atoms with Crippen molar-refractivity contribution in [3.8, 4) is 0 Å². The van der Waals surface area contributed by atoms with Crippen LogP contribution in [0.4, 0.5) is 0 Å². The van der Waals surface area contributed by atoms with E-state index in [-0.39, 0.29) is 11.5 Å². The third-order valence-electron chi connectivity index (χ3n) is 7.41. The number of carbonyl (C=O) groups is 1. The van der Waals surface area contributed by atoms with Crippen molar-refractivity contribution in [2.24, 2.45) is 35.0 Å². The van der Waals surface area contributed by atoms with Gasteiger partial charge in [0.15, 0.2) is 5.78 Å². The minimum atomic E-state index is -0.180. The van der Waals surface area contributed by atoms with Crippen molar-refractivity contribution in [1.29, 1.82) is 0 Å². The molecule has 0 amide bonds. The first kappa shape index (κ1) is 14.7. The molecule has 0 radical (unpaired) electrons. The van der Waals surface area contributed by atoms with Gasteiger partial charge in [-0.15, -0.1) is 0 Å². The van der Waals surface area contributed by atoms with Crippen LogP contribution < -0.4 is 0 Å². The molecule has 0 aromatic heterocycles. The Bertz CT molecular complexity index is 546. The highest BCUT2D eigenvalue weighted by Crippen LogP contribution is 2.60. The maximum atomic E-state index is 11.8. The second-order valence-electron chi connectivity index (χ2n) is 8.50. The van der Waals surface area contributed by atoms with Crippen LogP contribution in [0.5, 0.6) is 0 Å². The summed E-state index contributed by atoms with van der Waals surface area (Å²) < 4.78 is 0. The first-order valence-electron chi connectivity index (χ1n) is 9.08. The number of fused-ring (bicyclic) bond motifs is 5. The van der Waals surface area contributed by atoms with Crippen molar-refractivity contribution < 1.29 is 9.90 Å². The summed E-state index contributed by atoms with van der Waals surface area (Å²) >= 11 is 0. The molecular weight excluding hydrogens is 272 g/mol. The van der Waals surface area contributed by atoms with Crippen LogP contribution in [0.25, 0.3) is 0 Å². The molecule has 0 aromatic rings. The molecule has 0 bridgehead atoms. The predicted octanol–water partition coefficient (Wildman–Crippen LogP) is 3.90. The van der Waals surface area contributed by atoms with Crippen LogP contribution >= 0.6 is 0 Å². The third kappa shape index (κ3) is 1.99. The van der Waals surface area contributed by atoms with Crippen LogP contribution in [0.2, 0.25) is 0 Å². The fraction of sp³-hybridized carbons (Fsp3) is 0.750. The summed E-state index contributed by atoms with van der Waals surface area (Å²) in [4.78, 5) is 11.8. The average Bonchev–Trinajstić information content (AvgIpc) is 2.48. The fourth-order valence-electron chi connectivity index (χ4n) is 6.22. The lowest BCUT2D eigenvalue weighted by Gasteiger charge is -2.58. The molecule has 0 aromatic carbocycles. The second kappa shape index (κ2) is 5.06. The molecule has 0 saturated heterocycles. The molecule has 0 spiro atoms. The first-order chi connectivity index (χ1) is 10.5. The number of aliphatic hydroxyl groups excluding tert-OH is 1. The molecule has 0 aliphatic heterocycles. The lowest BCUT2D eigenvalue weighted by molar-refractivity contribution is -0.117. The molecule has 120 valence electrons. The highest BCUT2D eigenvalue weighted by molar-refractivity contribution is 5.91. The van der Waals surface area contributed by atoms with Crippen LogP contribution in [0.3, 0.4) is 0 Å². The molecule has 1 N–H and O–H groups in total. The quantitative estimate of drug-likeness (QED) is 0.689. The zero-order valence-corrected chi connectivity index (χ0v) is 13.8. The summed E-state index contributed by atoms with van der Waals surface area (Å²) in [5, 5.41) is 10.6. The Morgan fingerprint density at radius 2 is 2.14 bits per heavy atom. The number of allylic oxidation sites excluding steroid dienone is 3. The van der Waals surface area contributed by atoms with Gasteiger partial charge < -0.3 is 5.11 Å². The summed E-state index contributed by atoms with van der Waals surface area (Å²) in [6.45, 7) is 4.68. The van der Waals surface area contributed by atoms with E-state index in [0.29, 0.717) is 29.5 Å². The third-order valence-corrected chi connectivity index (χ3v) is 7.41. The van der Waals surface area contributed by atoms with Gasteiger partial charge in [0.05, 0.1) is 6.10 Å². The minimum Gasteiger partial charge on any atom is -0.392 e. The Hall–Kier alpha value is -0.890. The van der Waals surface area contributed by atoms with Crippen molar-refractivity contribution in [3.63, 3.8) is 0 Å². The van der Waals surface area contributed by atoms with Crippen LogP contribution in [-0.4, -0.2) is 17.0 Å². The molecular formula is C20H28O2. The summed E-state index contributed by atoms with van der Waals surface area (Å²) in [5.41, 5.74) is 1.50. The predicted molar refractivity (Wildman–Crippen MR) is 87.2 cm³/mol. The van der Waals surface area contributed by atoms with Gasteiger partial charge in [-0.1, -0.05) is 31.6 Å². The average molecular weight is 300 g/mol. The van der Waals surface area contributed by atoms with Crippen molar-refractivity contribution in [3.05, 3.63) is 23.8 Å². The van der Waals surface area contributed by atoms with Crippen LogP contribution in [0.15, 0.2) is 23.8 Å². The SMILES string of the molecule is C[C@@H]1CC2=CC(=O)CC[C@@H]2[C@H]2CC[C@]3(C)[C@@H](O)CC=C[C@H]3[C@@H]21. The van der Waals surface area contributed by atoms with Crippen LogP contribution in [0.1, 0.15) is 52.4 Å². The molecule has 2 heteroatoms. The Morgan fingerprint density at radius 3 is 2.95 bits per heavy atom. The topological polar surface area (TPSA) is 37.3 Å². The van der Waals surface area contributed by atoms with Crippen LogP contribution in [-0.2, 0) is 4.79 Å². The summed E-state index contributed by atoms with van der Waals surface area (Å²) in [7, 11) is 0. The number of ketones is 1. The molecule has 2 fully saturated rings. The van der Waals surface area contributed by atoms with E-state index in [0.717, 1.165) is 38.0 Å². The van der Waals surface area contributed by atoms with E-state index in [4.69, 9.17) is 0 Å². The Kier molecular flexibility index (Phi) is 3.38. The van der Waals surface area contributed by atoms with E-state index in [1.807, 2.05) is 6.08 Å². The molecule has 4 aliphatic carbocycles. The van der Waals surface area contributed by atoms with E-state index in [2.05, 4.69) is 26.0 Å². The van der Waals surface area contributed by atoms with Gasteiger partial charge in [0.2, 0.25) is 0 Å². The van der Waals surface area contributed by atoms with Gasteiger partial charge >= 0.3 is 0 Å². The zero-order chi connectivity index (χ0) is 15.5.